The number of rotatable bonds is 4. The Kier molecular flexibility index (Phi) is 6.76. The van der Waals surface area contributed by atoms with Gasteiger partial charge in [0.2, 0.25) is 5.69 Å². The molecule has 3 aromatic heterocycles. The van der Waals surface area contributed by atoms with E-state index in [9.17, 15) is 1.37 Å². The van der Waals surface area contributed by atoms with Crippen molar-refractivity contribution in [2.45, 2.75) is 52.0 Å². The van der Waals surface area contributed by atoms with Crippen molar-refractivity contribution in [2.24, 2.45) is 0 Å². The molecule has 2 aliphatic rings. The van der Waals surface area contributed by atoms with Crippen LogP contribution in [0.1, 0.15) is 43.4 Å². The minimum Gasteiger partial charge on any atom is -0.455 e. The molecule has 1 unspecified atom stereocenters. The lowest BCUT2D eigenvalue weighted by Crippen LogP contribution is -2.72. The maximum absolute atomic E-state index is 15.1. The lowest BCUT2D eigenvalue weighted by atomic mass is 9.88. The van der Waals surface area contributed by atoms with Crippen LogP contribution in [0.25, 0.3) is 72.4 Å². The van der Waals surface area contributed by atoms with Crippen molar-refractivity contribution in [3.05, 3.63) is 167 Å². The summed E-state index contributed by atoms with van der Waals surface area (Å²) < 4.78 is 54.1. The van der Waals surface area contributed by atoms with Gasteiger partial charge in [0.15, 0.2) is 22.8 Å². The third-order valence-electron chi connectivity index (χ3n) is 12.2. The van der Waals surface area contributed by atoms with Crippen LogP contribution in [-0.4, -0.2) is 12.6 Å². The molecule has 9 aromatic rings. The van der Waals surface area contributed by atoms with E-state index < -0.39 is 31.3 Å². The van der Waals surface area contributed by atoms with Crippen LogP contribution in [-0.2, 0) is 5.66 Å². The van der Waals surface area contributed by atoms with Crippen molar-refractivity contribution in [3.63, 3.8) is 0 Å². The summed E-state index contributed by atoms with van der Waals surface area (Å²) in [6, 6.07) is 42.0. The second-order valence-electron chi connectivity index (χ2n) is 16.9. The summed E-state index contributed by atoms with van der Waals surface area (Å²) in [6.45, 7) is 13.3. The number of para-hydroxylation sites is 3. The second-order valence-corrected chi connectivity index (χ2v) is 22.0. The zero-order valence-corrected chi connectivity index (χ0v) is 33.7. The number of hydrogen-bond acceptors (Lipinski definition) is 1. The molecule has 5 heterocycles. The van der Waals surface area contributed by atoms with Gasteiger partial charge in [-0.15, -0.1) is 9.13 Å². The lowest BCUT2D eigenvalue weighted by molar-refractivity contribution is -0.944. The highest BCUT2D eigenvalue weighted by Crippen LogP contribution is 2.53. The molecule has 1 spiro atoms. The molecule has 57 heavy (non-hydrogen) atoms. The van der Waals surface area contributed by atoms with Gasteiger partial charge in [-0.25, -0.2) is 8.78 Å². The quantitative estimate of drug-likeness (QED) is 0.129. The summed E-state index contributed by atoms with van der Waals surface area (Å²) >= 11 is 0. The predicted molar refractivity (Wildman–Crippen MR) is 227 cm³/mol. The molecule has 11 rings (SSSR count). The van der Waals surface area contributed by atoms with Gasteiger partial charge in [-0.05, 0) is 96.7 Å². The van der Waals surface area contributed by atoms with Crippen LogP contribution in [0.4, 0.5) is 8.78 Å². The average molecular weight is 767 g/mol. The number of benzene rings is 6. The van der Waals surface area contributed by atoms with E-state index in [-0.39, 0.29) is 5.56 Å². The van der Waals surface area contributed by atoms with E-state index in [1.165, 1.54) is 23.4 Å². The maximum atomic E-state index is 15.1. The van der Waals surface area contributed by atoms with Gasteiger partial charge in [-0.1, -0.05) is 87.6 Å². The zero-order chi connectivity index (χ0) is 40.0. The summed E-state index contributed by atoms with van der Waals surface area (Å²) in [6.07, 6.45) is 2.38. The normalized spacial score (nSPS) is 16.0. The lowest BCUT2D eigenvalue weighted by Gasteiger charge is -2.25. The fourth-order valence-corrected chi connectivity index (χ4v) is 11.5. The monoisotopic (exact) mass is 766 g/mol. The van der Waals surface area contributed by atoms with Gasteiger partial charge in [0, 0.05) is 23.4 Å². The Morgan fingerprint density at radius 2 is 1.49 bits per heavy atom. The second kappa shape index (κ2) is 11.7. The number of aryl methyl sites for hydroxylation is 1. The van der Waals surface area contributed by atoms with Crippen molar-refractivity contribution >= 4 is 46.2 Å². The summed E-state index contributed by atoms with van der Waals surface area (Å²) in [4.78, 5) is 0. The molecular weight excluding hydrogens is 725 g/mol. The molecule has 7 heteroatoms. The first-order valence-electron chi connectivity index (χ1n) is 20.1. The van der Waals surface area contributed by atoms with E-state index in [0.717, 1.165) is 72.4 Å². The van der Waals surface area contributed by atoms with E-state index >= 15 is 8.78 Å². The fourth-order valence-electron chi connectivity index (χ4n) is 9.80. The Hall–Kier alpha value is -6.18. The highest BCUT2D eigenvalue weighted by molar-refractivity contribution is 6.89. The van der Waals surface area contributed by atoms with Gasteiger partial charge in [0.05, 0.1) is 30.3 Å². The summed E-state index contributed by atoms with van der Waals surface area (Å²) in [5.74, 6) is -1.08. The minimum atomic E-state index is -2.03. The number of hydrogen-bond donors (Lipinski definition) is 0. The molecule has 0 aliphatic carbocycles. The maximum Gasteiger partial charge on any atom is 0.364 e. The summed E-state index contributed by atoms with van der Waals surface area (Å²) in [5, 5.41) is 3.04. The van der Waals surface area contributed by atoms with Crippen LogP contribution in [0.3, 0.4) is 0 Å². The number of furan rings is 1. The largest absolute Gasteiger partial charge is 0.455 e. The zero-order valence-electron chi connectivity index (χ0n) is 33.7. The molecule has 0 radical (unpaired) electrons. The van der Waals surface area contributed by atoms with Gasteiger partial charge in [-0.2, -0.15) is 4.57 Å². The molecule has 0 fully saturated rings. The van der Waals surface area contributed by atoms with E-state index in [1.807, 2.05) is 26.0 Å². The highest BCUT2D eigenvalue weighted by Gasteiger charge is 2.67. The van der Waals surface area contributed by atoms with Gasteiger partial charge < -0.3 is 4.42 Å². The molecule has 278 valence electrons. The van der Waals surface area contributed by atoms with Crippen LogP contribution in [0.5, 0.6) is 0 Å². The van der Waals surface area contributed by atoms with Crippen LogP contribution >= 0.6 is 0 Å². The standard InChI is InChI=1S/C50H41F2N3OSi/c1-29(2)36-27-43-35-21-19-30(3)25-38(35)50(53(43)28-45(36)57(4,5)6)37-24-23-34-33-22-20-31(46-39(51)15-12-16-40(46)52)26-44(33)56-48(34)47(37)49-54(32-13-8-7-9-14-32)41-17-10-11-18-42(41)55(49)50/h7-29H,1-6H3/q+2/i29D. The molecule has 0 amide bonds. The average Bonchev–Trinajstić information content (AvgIpc) is 3.89. The Bertz CT molecular complexity index is 3230. The van der Waals surface area contributed by atoms with Crippen molar-refractivity contribution in [2.75, 3.05) is 0 Å². The molecule has 0 bridgehead atoms. The van der Waals surface area contributed by atoms with Crippen LogP contribution in [0.2, 0.25) is 19.6 Å². The van der Waals surface area contributed by atoms with Gasteiger partial charge in [0.1, 0.15) is 28.5 Å². The summed E-state index contributed by atoms with van der Waals surface area (Å²) in [7, 11) is -2.03. The van der Waals surface area contributed by atoms with Gasteiger partial charge in [0.25, 0.3) is 0 Å². The van der Waals surface area contributed by atoms with E-state index in [1.54, 1.807) is 12.1 Å². The number of fused-ring (bicyclic) bond motifs is 16. The molecule has 0 saturated heterocycles. The Balaban J connectivity index is 1.35. The van der Waals surface area contributed by atoms with E-state index in [4.69, 9.17) is 4.42 Å². The predicted octanol–water partition coefficient (Wildman–Crippen LogP) is 11.3. The minimum absolute atomic E-state index is 0.0737. The van der Waals surface area contributed by atoms with Crippen LogP contribution < -0.4 is 14.3 Å². The molecule has 6 aromatic carbocycles. The first-order valence-corrected chi connectivity index (χ1v) is 23.1. The first kappa shape index (κ1) is 33.0. The topological polar surface area (TPSA) is 25.8 Å². The van der Waals surface area contributed by atoms with Crippen LogP contribution in [0.15, 0.2) is 138 Å². The van der Waals surface area contributed by atoms with Crippen molar-refractivity contribution < 1.29 is 23.7 Å². The van der Waals surface area contributed by atoms with Crippen molar-refractivity contribution in [3.8, 4) is 39.5 Å². The molecule has 0 saturated carbocycles. The van der Waals surface area contributed by atoms with Gasteiger partial charge >= 0.3 is 11.5 Å². The molecule has 2 aliphatic heterocycles. The Morgan fingerprint density at radius 3 is 2.25 bits per heavy atom. The Labute approximate surface area is 332 Å². The third-order valence-corrected chi connectivity index (χ3v) is 14.2. The number of pyridine rings is 1. The number of aromatic nitrogens is 3. The number of halogens is 2. The smallest absolute Gasteiger partial charge is 0.364 e. The van der Waals surface area contributed by atoms with E-state index in [2.05, 4.69) is 131 Å². The molecule has 0 N–H and O–H groups in total. The highest BCUT2D eigenvalue weighted by atomic mass is 28.3. The van der Waals surface area contributed by atoms with Crippen molar-refractivity contribution in [1.29, 1.82) is 0 Å². The third kappa shape index (κ3) is 4.46. The number of nitrogens with zero attached hydrogens (tertiary/aromatic N) is 3. The van der Waals surface area contributed by atoms with Crippen LogP contribution in [0, 0.1) is 18.6 Å². The molecule has 4 nitrogen and oxygen atoms in total. The van der Waals surface area contributed by atoms with E-state index in [0.29, 0.717) is 16.7 Å². The SMILES string of the molecule is [2H]C(C)(C)c1cc2[n+](cc1[Si](C)(C)C)C1(c3cc(C)ccc3-2)c2ccc3c(oc4cc(-c5c(F)cccc5F)ccc43)c2-c2n(-c3ccccc3)c3ccccc3[n+]21. The van der Waals surface area contributed by atoms with Crippen molar-refractivity contribution in [1.82, 2.24) is 4.57 Å². The summed E-state index contributed by atoms with van der Waals surface area (Å²) in [5.41, 5.74) is 11.4. The fraction of sp³-hybridized carbons (Fsp3) is 0.160. The number of imidazole rings is 1. The first-order chi connectivity index (χ1) is 27.8. The Morgan fingerprint density at radius 1 is 0.754 bits per heavy atom. The molecule has 1 atom stereocenters. The molecular formula is C50H41F2N3OSi+2. The van der Waals surface area contributed by atoms with Gasteiger partial charge in [-0.3, -0.25) is 0 Å².